The van der Waals surface area contributed by atoms with Crippen LogP contribution in [0.25, 0.3) is 10.8 Å². The summed E-state index contributed by atoms with van der Waals surface area (Å²) in [6.07, 6.45) is 4.28. The number of benzene rings is 1. The second kappa shape index (κ2) is 15.4. The molecule has 306 valence electrons. The van der Waals surface area contributed by atoms with Crippen LogP contribution in [-0.2, 0) is 29.1 Å². The summed E-state index contributed by atoms with van der Waals surface area (Å²) in [7, 11) is -2.49. The molecule has 1 saturated heterocycles. The molecule has 3 fully saturated rings. The quantitative estimate of drug-likeness (QED) is 0.303. The standard InChI is InChI=1S/C39H51F2N5O9S/c1-22-11-7-9-13-25-20-39(25,35(49)45-56(51,52)27-15-16-27)44-32(47)29-19-26(54-33-28-14-10-8-12-24(28)18-30(42-33)53-6)21-46(29)34(48)31(23(2)17-22)43-36(50)55-37(3,4)38(5,40)41/h8-10,12-14,18,22-23,25-27,29,31H,7,11,15-17,19-21H2,1-6H3,(H,43,50)(H,44,47)(H,45,49)/b13-9-/t22-,23-,25?,26-,29+,31?,39-/m1/s1. The molecule has 4 aliphatic rings. The molecule has 1 aromatic heterocycles. The molecule has 0 bridgehead atoms. The number of halogens is 2. The van der Waals surface area contributed by atoms with Crippen molar-refractivity contribution in [3.63, 3.8) is 0 Å². The Kier molecular flexibility index (Phi) is 11.3. The summed E-state index contributed by atoms with van der Waals surface area (Å²) in [6, 6.07) is 6.46. The smallest absolute Gasteiger partial charge is 0.408 e. The van der Waals surface area contributed by atoms with Crippen molar-refractivity contribution >= 4 is 44.6 Å². The van der Waals surface area contributed by atoms with Gasteiger partial charge in [0, 0.05) is 30.7 Å². The molecule has 4 amide bonds. The highest BCUT2D eigenvalue weighted by Crippen LogP contribution is 2.46. The summed E-state index contributed by atoms with van der Waals surface area (Å²) in [5.74, 6) is -6.24. The lowest BCUT2D eigenvalue weighted by molar-refractivity contribution is -0.152. The SMILES string of the molecule is COc1cc2ccccc2c(O[C@@H]2C[C@H]3C(=O)N[C@]4(C(=O)NS(=O)(=O)C5CC5)CC4/C=C\CC[C@@H](C)C[C@@H](C)C(NC(=O)OC(C)(C)C(C)(F)F)C(=O)N3C2)n1. The van der Waals surface area contributed by atoms with Crippen molar-refractivity contribution < 1.29 is 50.6 Å². The van der Waals surface area contributed by atoms with E-state index >= 15 is 0 Å². The van der Waals surface area contributed by atoms with Crippen molar-refractivity contribution in [3.05, 3.63) is 42.5 Å². The van der Waals surface area contributed by atoms with E-state index in [1.165, 1.54) is 12.0 Å². The molecule has 3 N–H and O–H groups in total. The Morgan fingerprint density at radius 3 is 2.46 bits per heavy atom. The minimum Gasteiger partial charge on any atom is -0.481 e. The fourth-order valence-corrected chi connectivity index (χ4v) is 8.83. The molecule has 2 saturated carbocycles. The second-order valence-corrected chi connectivity index (χ2v) is 18.3. The van der Waals surface area contributed by atoms with Crippen LogP contribution in [0.15, 0.2) is 42.5 Å². The van der Waals surface area contributed by atoms with E-state index in [1.807, 2.05) is 31.2 Å². The number of aromatic nitrogens is 1. The van der Waals surface area contributed by atoms with Gasteiger partial charge in [-0.15, -0.1) is 0 Å². The van der Waals surface area contributed by atoms with Crippen molar-refractivity contribution in [2.24, 2.45) is 17.8 Å². The molecule has 14 nitrogen and oxygen atoms in total. The summed E-state index contributed by atoms with van der Waals surface area (Å²) in [5, 5.41) is 6.10. The number of fused-ring (bicyclic) bond motifs is 3. The topological polar surface area (TPSA) is 182 Å². The van der Waals surface area contributed by atoms with Crippen molar-refractivity contribution in [2.75, 3.05) is 13.7 Å². The summed E-state index contributed by atoms with van der Waals surface area (Å²) in [6.45, 7) is 6.34. The Labute approximate surface area is 325 Å². The normalized spacial score (nSPS) is 29.5. The number of ether oxygens (including phenoxy) is 3. The van der Waals surface area contributed by atoms with Gasteiger partial charge in [-0.2, -0.15) is 4.98 Å². The first-order valence-electron chi connectivity index (χ1n) is 19.1. The molecule has 1 aromatic carbocycles. The van der Waals surface area contributed by atoms with E-state index in [4.69, 9.17) is 14.2 Å². The summed E-state index contributed by atoms with van der Waals surface area (Å²) in [4.78, 5) is 62.0. The van der Waals surface area contributed by atoms with Gasteiger partial charge in [-0.05, 0) is 75.7 Å². The van der Waals surface area contributed by atoms with Crippen molar-refractivity contribution in [1.29, 1.82) is 0 Å². The van der Waals surface area contributed by atoms with Gasteiger partial charge < -0.3 is 29.7 Å². The maximum absolute atomic E-state index is 14.8. The van der Waals surface area contributed by atoms with Crippen LogP contribution in [0.5, 0.6) is 11.8 Å². The molecule has 3 heterocycles. The van der Waals surface area contributed by atoms with E-state index in [2.05, 4.69) is 20.3 Å². The third-order valence-electron chi connectivity index (χ3n) is 11.5. The Morgan fingerprint density at radius 2 is 1.79 bits per heavy atom. The summed E-state index contributed by atoms with van der Waals surface area (Å²) in [5.41, 5.74) is -3.81. The van der Waals surface area contributed by atoms with E-state index in [0.717, 1.165) is 19.2 Å². The van der Waals surface area contributed by atoms with Crippen LogP contribution in [-0.4, -0.2) is 96.3 Å². The molecule has 2 aliphatic carbocycles. The van der Waals surface area contributed by atoms with Crippen LogP contribution in [0.1, 0.15) is 79.6 Å². The Morgan fingerprint density at radius 1 is 1.07 bits per heavy atom. The lowest BCUT2D eigenvalue weighted by Crippen LogP contribution is -2.59. The molecular weight excluding hydrogens is 753 g/mol. The number of alkyl halides is 2. The summed E-state index contributed by atoms with van der Waals surface area (Å²) < 4.78 is 73.6. The number of carbonyl (C=O) groups is 4. The number of nitrogens with one attached hydrogen (secondary N) is 3. The van der Waals surface area contributed by atoms with Gasteiger partial charge in [0.05, 0.1) is 18.9 Å². The van der Waals surface area contributed by atoms with Gasteiger partial charge in [0.2, 0.25) is 33.6 Å². The molecule has 0 spiro atoms. The third-order valence-corrected chi connectivity index (χ3v) is 13.3. The highest BCUT2D eigenvalue weighted by Gasteiger charge is 2.62. The Bertz CT molecular complexity index is 2000. The minimum absolute atomic E-state index is 0.0258. The first-order chi connectivity index (χ1) is 26.2. The molecule has 2 unspecified atom stereocenters. The number of hydrogen-bond acceptors (Lipinski definition) is 10. The third kappa shape index (κ3) is 8.71. The molecule has 17 heteroatoms. The molecule has 2 aliphatic heterocycles. The zero-order valence-corrected chi connectivity index (χ0v) is 33.3. The number of methoxy groups -OCH3 is 1. The monoisotopic (exact) mass is 803 g/mol. The number of carbonyl (C=O) groups excluding carboxylic acids is 4. The van der Waals surface area contributed by atoms with Crippen LogP contribution in [0, 0.1) is 17.8 Å². The fraction of sp³-hybridized carbons (Fsp3) is 0.615. The fourth-order valence-electron chi connectivity index (χ4n) is 7.47. The minimum atomic E-state index is -3.95. The number of nitrogens with zero attached hydrogens (tertiary/aromatic N) is 2. The van der Waals surface area contributed by atoms with Gasteiger partial charge in [0.15, 0.2) is 5.60 Å². The largest absolute Gasteiger partial charge is 0.481 e. The van der Waals surface area contributed by atoms with E-state index in [9.17, 15) is 36.4 Å². The maximum Gasteiger partial charge on any atom is 0.408 e. The van der Waals surface area contributed by atoms with Crippen LogP contribution < -0.4 is 24.8 Å². The second-order valence-electron chi connectivity index (χ2n) is 16.4. The molecule has 2 aromatic rings. The Balaban J connectivity index is 1.36. The average molecular weight is 804 g/mol. The number of rotatable bonds is 9. The van der Waals surface area contributed by atoms with Gasteiger partial charge in [-0.3, -0.25) is 19.1 Å². The van der Waals surface area contributed by atoms with E-state index < -0.39 is 86.2 Å². The number of amides is 4. The van der Waals surface area contributed by atoms with Gasteiger partial charge in [0.1, 0.15) is 23.7 Å². The van der Waals surface area contributed by atoms with E-state index in [-0.39, 0.29) is 37.1 Å². The van der Waals surface area contributed by atoms with Crippen molar-refractivity contribution in [1.82, 2.24) is 25.2 Å². The lowest BCUT2D eigenvalue weighted by Gasteiger charge is -2.35. The number of hydrogen-bond donors (Lipinski definition) is 3. The van der Waals surface area contributed by atoms with Crippen LogP contribution in [0.3, 0.4) is 0 Å². The zero-order valence-electron chi connectivity index (χ0n) is 32.5. The molecule has 56 heavy (non-hydrogen) atoms. The van der Waals surface area contributed by atoms with E-state index in [0.29, 0.717) is 44.4 Å². The first kappa shape index (κ1) is 41.1. The predicted molar refractivity (Wildman–Crippen MR) is 201 cm³/mol. The number of pyridine rings is 1. The highest BCUT2D eigenvalue weighted by atomic mass is 32.2. The number of alkyl carbamates (subject to hydrolysis) is 1. The van der Waals surface area contributed by atoms with Gasteiger partial charge in [0.25, 0.3) is 11.8 Å². The molecular formula is C39H51F2N5O9S. The number of sulfonamides is 1. The van der Waals surface area contributed by atoms with Crippen LogP contribution in [0.4, 0.5) is 13.6 Å². The summed E-state index contributed by atoms with van der Waals surface area (Å²) >= 11 is 0. The van der Waals surface area contributed by atoms with Crippen LogP contribution in [0.2, 0.25) is 0 Å². The Hall–Kier alpha value is -4.54. The van der Waals surface area contributed by atoms with Gasteiger partial charge in [-0.25, -0.2) is 22.0 Å². The highest BCUT2D eigenvalue weighted by molar-refractivity contribution is 7.91. The predicted octanol–water partition coefficient (Wildman–Crippen LogP) is 4.62. The van der Waals surface area contributed by atoms with E-state index in [1.54, 1.807) is 25.1 Å². The molecule has 7 atom stereocenters. The number of allylic oxidation sites excluding steroid dienone is 1. The van der Waals surface area contributed by atoms with Crippen molar-refractivity contribution in [2.45, 2.75) is 120 Å². The average Bonchev–Trinajstić information content (AvgIpc) is 4.04. The molecule has 0 radical (unpaired) electrons. The van der Waals surface area contributed by atoms with Crippen LogP contribution >= 0.6 is 0 Å². The first-order valence-corrected chi connectivity index (χ1v) is 20.6. The zero-order chi connectivity index (χ0) is 40.8. The lowest BCUT2D eigenvalue weighted by atomic mass is 9.88. The maximum atomic E-state index is 14.8. The van der Waals surface area contributed by atoms with Gasteiger partial charge in [-0.1, -0.05) is 44.2 Å². The molecule has 6 rings (SSSR count). The van der Waals surface area contributed by atoms with Crippen molar-refractivity contribution in [3.8, 4) is 11.8 Å². The van der Waals surface area contributed by atoms with Gasteiger partial charge >= 0.3 is 6.09 Å².